The first kappa shape index (κ1) is 14.3. The van der Waals surface area contributed by atoms with Gasteiger partial charge in [0, 0.05) is 6.20 Å². The number of aliphatic hydroxyl groups excluding tert-OH is 1. The van der Waals surface area contributed by atoms with Crippen molar-refractivity contribution in [3.63, 3.8) is 0 Å². The molecule has 2 aromatic rings. The SMILES string of the molecule is COC(=O)c1cccc2c1OC[C@H](CO)N2c1ccccn1. The van der Waals surface area contributed by atoms with Crippen molar-refractivity contribution in [2.45, 2.75) is 6.04 Å². The van der Waals surface area contributed by atoms with Crippen molar-refractivity contribution < 1.29 is 19.4 Å². The van der Waals surface area contributed by atoms with Crippen LogP contribution in [0.1, 0.15) is 10.4 Å². The summed E-state index contributed by atoms with van der Waals surface area (Å²) in [5, 5.41) is 9.63. The number of aliphatic hydroxyl groups is 1. The van der Waals surface area contributed by atoms with Gasteiger partial charge in [-0.2, -0.15) is 0 Å². The van der Waals surface area contributed by atoms with Crippen molar-refractivity contribution in [1.82, 2.24) is 4.98 Å². The van der Waals surface area contributed by atoms with Gasteiger partial charge in [0.2, 0.25) is 0 Å². The molecule has 0 aliphatic carbocycles. The fourth-order valence-electron chi connectivity index (χ4n) is 2.53. The zero-order chi connectivity index (χ0) is 15.5. The Morgan fingerprint density at radius 2 is 2.27 bits per heavy atom. The molecular weight excluding hydrogens is 284 g/mol. The molecule has 0 radical (unpaired) electrons. The van der Waals surface area contributed by atoms with E-state index in [1.54, 1.807) is 18.3 Å². The number of hydrogen-bond acceptors (Lipinski definition) is 6. The lowest BCUT2D eigenvalue weighted by atomic mass is 10.1. The highest BCUT2D eigenvalue weighted by molar-refractivity contribution is 5.95. The number of pyridine rings is 1. The minimum Gasteiger partial charge on any atom is -0.488 e. The summed E-state index contributed by atoms with van der Waals surface area (Å²) in [6.07, 6.45) is 1.68. The van der Waals surface area contributed by atoms with E-state index in [0.717, 1.165) is 0 Å². The smallest absolute Gasteiger partial charge is 0.341 e. The van der Waals surface area contributed by atoms with Crippen molar-refractivity contribution in [1.29, 1.82) is 0 Å². The number of hydrogen-bond donors (Lipinski definition) is 1. The Balaban J connectivity index is 2.13. The lowest BCUT2D eigenvalue weighted by Crippen LogP contribution is -2.43. The summed E-state index contributed by atoms with van der Waals surface area (Å²) < 4.78 is 10.5. The highest BCUT2D eigenvalue weighted by Crippen LogP contribution is 2.40. The zero-order valence-electron chi connectivity index (χ0n) is 12.1. The quantitative estimate of drug-likeness (QED) is 0.871. The number of anilines is 2. The Hall–Kier alpha value is -2.60. The summed E-state index contributed by atoms with van der Waals surface area (Å²) in [6, 6.07) is 10.5. The Morgan fingerprint density at radius 3 is 2.95 bits per heavy atom. The second-order valence-electron chi connectivity index (χ2n) is 4.85. The molecule has 0 amide bonds. The number of para-hydroxylation sites is 1. The fraction of sp³-hybridized carbons (Fsp3) is 0.250. The number of methoxy groups -OCH3 is 1. The molecule has 1 aromatic carbocycles. The molecular formula is C16H16N2O4. The average molecular weight is 300 g/mol. The standard InChI is InChI=1S/C16H16N2O4/c1-21-16(20)12-5-4-6-13-15(12)22-10-11(9-19)18(13)14-7-2-3-8-17-14/h2-8,11,19H,9-10H2,1H3/t11-/m0/s1. The van der Waals surface area contributed by atoms with Gasteiger partial charge in [0.1, 0.15) is 18.0 Å². The molecule has 0 spiro atoms. The first-order chi connectivity index (χ1) is 10.8. The summed E-state index contributed by atoms with van der Waals surface area (Å²) in [5.41, 5.74) is 1.05. The van der Waals surface area contributed by atoms with Gasteiger partial charge in [0.25, 0.3) is 0 Å². The summed E-state index contributed by atoms with van der Waals surface area (Å²) in [5.74, 6) is 0.679. The molecule has 0 fully saturated rings. The van der Waals surface area contributed by atoms with Crippen molar-refractivity contribution in [3.05, 3.63) is 48.2 Å². The number of benzene rings is 1. The summed E-state index contributed by atoms with van der Waals surface area (Å²) in [7, 11) is 1.33. The Morgan fingerprint density at radius 1 is 1.41 bits per heavy atom. The second-order valence-corrected chi connectivity index (χ2v) is 4.85. The molecule has 1 aromatic heterocycles. The number of carbonyl (C=O) groups is 1. The molecule has 2 heterocycles. The van der Waals surface area contributed by atoms with E-state index < -0.39 is 5.97 Å². The van der Waals surface area contributed by atoms with E-state index in [1.165, 1.54) is 7.11 Å². The molecule has 3 rings (SSSR count). The van der Waals surface area contributed by atoms with Crippen molar-refractivity contribution in [2.24, 2.45) is 0 Å². The molecule has 6 nitrogen and oxygen atoms in total. The molecule has 1 aliphatic heterocycles. The van der Waals surface area contributed by atoms with Crippen molar-refractivity contribution >= 4 is 17.5 Å². The van der Waals surface area contributed by atoms with Crippen LogP contribution in [0.15, 0.2) is 42.6 Å². The van der Waals surface area contributed by atoms with Gasteiger partial charge in [-0.1, -0.05) is 12.1 Å². The van der Waals surface area contributed by atoms with Crippen molar-refractivity contribution in [3.8, 4) is 5.75 Å². The van der Waals surface area contributed by atoms with Gasteiger partial charge >= 0.3 is 5.97 Å². The van der Waals surface area contributed by atoms with E-state index in [-0.39, 0.29) is 19.3 Å². The highest BCUT2D eigenvalue weighted by atomic mass is 16.5. The lowest BCUT2D eigenvalue weighted by Gasteiger charge is -2.37. The summed E-state index contributed by atoms with van der Waals surface area (Å²) in [4.78, 5) is 18.1. The minimum absolute atomic E-state index is 0.0849. The van der Waals surface area contributed by atoms with Crippen LogP contribution in [0.4, 0.5) is 11.5 Å². The monoisotopic (exact) mass is 300 g/mol. The highest BCUT2D eigenvalue weighted by Gasteiger charge is 2.32. The second kappa shape index (κ2) is 6.03. The molecule has 1 atom stereocenters. The maximum absolute atomic E-state index is 11.9. The molecule has 0 unspecified atom stereocenters. The van der Waals surface area contributed by atoms with E-state index in [9.17, 15) is 9.90 Å². The topological polar surface area (TPSA) is 71.9 Å². The van der Waals surface area contributed by atoms with Crippen LogP contribution < -0.4 is 9.64 Å². The zero-order valence-corrected chi connectivity index (χ0v) is 12.1. The number of ether oxygens (including phenoxy) is 2. The number of esters is 1. The fourth-order valence-corrected chi connectivity index (χ4v) is 2.53. The molecule has 1 aliphatic rings. The lowest BCUT2D eigenvalue weighted by molar-refractivity contribution is 0.0594. The van der Waals surface area contributed by atoms with Crippen molar-refractivity contribution in [2.75, 3.05) is 25.2 Å². The van der Waals surface area contributed by atoms with Crippen LogP contribution in [0, 0.1) is 0 Å². The van der Waals surface area contributed by atoms with Gasteiger partial charge < -0.3 is 19.5 Å². The van der Waals surface area contributed by atoms with Crippen LogP contribution in [0.3, 0.4) is 0 Å². The van der Waals surface area contributed by atoms with E-state index in [4.69, 9.17) is 9.47 Å². The van der Waals surface area contributed by atoms with Gasteiger partial charge in [-0.25, -0.2) is 9.78 Å². The first-order valence-corrected chi connectivity index (χ1v) is 6.91. The average Bonchev–Trinajstić information content (AvgIpc) is 2.60. The maximum atomic E-state index is 11.9. The summed E-state index contributed by atoms with van der Waals surface area (Å²) in [6.45, 7) is 0.173. The van der Waals surface area contributed by atoms with E-state index in [0.29, 0.717) is 22.8 Å². The molecule has 0 bridgehead atoms. The van der Waals surface area contributed by atoms with Crippen LogP contribution in [-0.4, -0.2) is 42.4 Å². The normalized spacial score (nSPS) is 16.6. The molecule has 1 N–H and O–H groups in total. The van der Waals surface area contributed by atoms with E-state index >= 15 is 0 Å². The number of carbonyl (C=O) groups excluding carboxylic acids is 1. The van der Waals surface area contributed by atoms with E-state index in [2.05, 4.69) is 4.98 Å². The Bertz CT molecular complexity index is 675. The minimum atomic E-state index is -0.458. The maximum Gasteiger partial charge on any atom is 0.341 e. The molecule has 6 heteroatoms. The number of rotatable bonds is 3. The predicted molar refractivity (Wildman–Crippen MR) is 80.5 cm³/mol. The van der Waals surface area contributed by atoms with Crippen LogP contribution in [-0.2, 0) is 4.74 Å². The molecule has 114 valence electrons. The van der Waals surface area contributed by atoms with E-state index in [1.807, 2.05) is 29.2 Å². The van der Waals surface area contributed by atoms with Gasteiger partial charge in [0.05, 0.1) is 25.4 Å². The van der Waals surface area contributed by atoms with Gasteiger partial charge in [-0.3, -0.25) is 0 Å². The van der Waals surface area contributed by atoms with Crippen LogP contribution >= 0.6 is 0 Å². The molecule has 22 heavy (non-hydrogen) atoms. The first-order valence-electron chi connectivity index (χ1n) is 6.91. The molecule has 0 saturated carbocycles. The Labute approximate surface area is 127 Å². The Kier molecular flexibility index (Phi) is 3.93. The van der Waals surface area contributed by atoms with Crippen LogP contribution in [0.25, 0.3) is 0 Å². The largest absolute Gasteiger partial charge is 0.488 e. The van der Waals surface area contributed by atoms with Gasteiger partial charge in [-0.15, -0.1) is 0 Å². The number of aromatic nitrogens is 1. The third kappa shape index (κ3) is 2.37. The number of nitrogens with zero attached hydrogens (tertiary/aromatic N) is 2. The van der Waals surface area contributed by atoms with Gasteiger partial charge in [0.15, 0.2) is 5.75 Å². The molecule has 0 saturated heterocycles. The van der Waals surface area contributed by atoms with Crippen LogP contribution in [0.2, 0.25) is 0 Å². The summed E-state index contributed by atoms with van der Waals surface area (Å²) >= 11 is 0. The third-order valence-corrected chi connectivity index (χ3v) is 3.55. The van der Waals surface area contributed by atoms with Crippen LogP contribution in [0.5, 0.6) is 5.75 Å². The number of fused-ring (bicyclic) bond motifs is 1. The third-order valence-electron chi connectivity index (χ3n) is 3.55. The van der Waals surface area contributed by atoms with Gasteiger partial charge in [-0.05, 0) is 24.3 Å². The predicted octanol–water partition coefficient (Wildman–Crippen LogP) is 1.76.